The number of para-hydroxylation sites is 1. The Labute approximate surface area is 164 Å². The van der Waals surface area contributed by atoms with Crippen molar-refractivity contribution in [1.82, 2.24) is 0 Å². The van der Waals surface area contributed by atoms with Crippen LogP contribution in [0, 0.1) is 0 Å². The van der Waals surface area contributed by atoms with Gasteiger partial charge in [-0.15, -0.1) is 0 Å². The summed E-state index contributed by atoms with van der Waals surface area (Å²) in [5.74, 6) is 0.262. The van der Waals surface area contributed by atoms with Gasteiger partial charge in [-0.05, 0) is 48.1 Å². The summed E-state index contributed by atoms with van der Waals surface area (Å²) in [5, 5.41) is 3.86. The highest BCUT2D eigenvalue weighted by Crippen LogP contribution is 2.24. The topological polar surface area (TPSA) is 68.5 Å². The zero-order valence-corrected chi connectivity index (χ0v) is 16.5. The third kappa shape index (κ3) is 4.25. The van der Waals surface area contributed by atoms with Crippen molar-refractivity contribution in [2.45, 2.75) is 40.0 Å². The van der Waals surface area contributed by atoms with E-state index in [2.05, 4.69) is 19.2 Å². The van der Waals surface area contributed by atoms with Gasteiger partial charge in [-0.25, -0.2) is 4.79 Å². The summed E-state index contributed by atoms with van der Waals surface area (Å²) in [6.07, 6.45) is 2.42. The van der Waals surface area contributed by atoms with E-state index in [-0.39, 0.29) is 18.1 Å². The van der Waals surface area contributed by atoms with Crippen LogP contribution in [-0.4, -0.2) is 12.5 Å². The first-order valence-electron chi connectivity index (χ1n) is 9.65. The molecule has 0 bridgehead atoms. The molecule has 0 fully saturated rings. The van der Waals surface area contributed by atoms with Crippen LogP contribution in [0.3, 0.4) is 0 Å². The van der Waals surface area contributed by atoms with Gasteiger partial charge < -0.3 is 14.5 Å². The van der Waals surface area contributed by atoms with Crippen molar-refractivity contribution in [3.63, 3.8) is 0 Å². The first kappa shape index (κ1) is 19.7. The SMILES string of the molecule is CCc1cccc(CC)c1NC(=O)COc1ccc2c(CC)cc(=O)oc2c1. The number of aryl methyl sites for hydroxylation is 3. The fourth-order valence-corrected chi connectivity index (χ4v) is 3.32. The van der Waals surface area contributed by atoms with E-state index in [0.717, 1.165) is 47.0 Å². The maximum atomic E-state index is 12.4. The summed E-state index contributed by atoms with van der Waals surface area (Å²) >= 11 is 0. The Balaban J connectivity index is 1.74. The number of carbonyl (C=O) groups excluding carboxylic acids is 1. The first-order chi connectivity index (χ1) is 13.5. The average molecular weight is 379 g/mol. The minimum atomic E-state index is -0.387. The van der Waals surface area contributed by atoms with Crippen LogP contribution in [0.5, 0.6) is 5.75 Å². The second-order valence-electron chi connectivity index (χ2n) is 6.60. The molecule has 1 amide bonds. The van der Waals surface area contributed by atoms with Crippen molar-refractivity contribution < 1.29 is 13.9 Å². The van der Waals surface area contributed by atoms with Crippen molar-refractivity contribution in [3.05, 3.63) is 69.6 Å². The quantitative estimate of drug-likeness (QED) is 0.614. The summed E-state index contributed by atoms with van der Waals surface area (Å²) in [5.41, 5.74) is 4.09. The van der Waals surface area contributed by atoms with E-state index in [1.165, 1.54) is 6.07 Å². The summed E-state index contributed by atoms with van der Waals surface area (Å²) < 4.78 is 10.9. The molecule has 0 aliphatic rings. The molecule has 5 nitrogen and oxygen atoms in total. The van der Waals surface area contributed by atoms with Crippen molar-refractivity contribution in [3.8, 4) is 5.75 Å². The van der Waals surface area contributed by atoms with Gasteiger partial charge in [0, 0.05) is 23.2 Å². The molecule has 3 rings (SSSR count). The minimum Gasteiger partial charge on any atom is -0.484 e. The number of anilines is 1. The van der Waals surface area contributed by atoms with Gasteiger partial charge in [-0.1, -0.05) is 39.0 Å². The predicted octanol–water partition coefficient (Wildman–Crippen LogP) is 4.50. The van der Waals surface area contributed by atoms with E-state index in [1.54, 1.807) is 12.1 Å². The number of amides is 1. The molecule has 28 heavy (non-hydrogen) atoms. The molecule has 0 atom stereocenters. The van der Waals surface area contributed by atoms with E-state index >= 15 is 0 Å². The number of hydrogen-bond acceptors (Lipinski definition) is 4. The van der Waals surface area contributed by atoms with Gasteiger partial charge in [-0.3, -0.25) is 4.79 Å². The van der Waals surface area contributed by atoms with E-state index in [4.69, 9.17) is 9.15 Å². The highest BCUT2D eigenvalue weighted by Gasteiger charge is 2.11. The Bertz CT molecular complexity index is 1030. The normalized spacial score (nSPS) is 10.8. The molecule has 1 heterocycles. The van der Waals surface area contributed by atoms with Crippen molar-refractivity contribution in [2.75, 3.05) is 11.9 Å². The molecular weight excluding hydrogens is 354 g/mol. The summed E-state index contributed by atoms with van der Waals surface area (Å²) in [6, 6.07) is 12.8. The summed E-state index contributed by atoms with van der Waals surface area (Å²) in [6.45, 7) is 5.99. The van der Waals surface area contributed by atoms with Crippen LogP contribution in [0.2, 0.25) is 0 Å². The van der Waals surface area contributed by atoms with E-state index in [0.29, 0.717) is 11.3 Å². The molecule has 1 aromatic heterocycles. The number of nitrogens with one attached hydrogen (secondary N) is 1. The fourth-order valence-electron chi connectivity index (χ4n) is 3.32. The van der Waals surface area contributed by atoms with Crippen LogP contribution < -0.4 is 15.7 Å². The second-order valence-corrected chi connectivity index (χ2v) is 6.60. The van der Waals surface area contributed by atoms with Gasteiger partial charge in [-0.2, -0.15) is 0 Å². The zero-order chi connectivity index (χ0) is 20.1. The van der Waals surface area contributed by atoms with E-state index < -0.39 is 0 Å². The van der Waals surface area contributed by atoms with Crippen LogP contribution in [0.25, 0.3) is 11.0 Å². The Morgan fingerprint density at radius 1 is 0.964 bits per heavy atom. The van der Waals surface area contributed by atoms with Gasteiger partial charge >= 0.3 is 5.63 Å². The number of carbonyl (C=O) groups is 1. The zero-order valence-electron chi connectivity index (χ0n) is 16.5. The van der Waals surface area contributed by atoms with Crippen LogP contribution in [0.15, 0.2) is 51.7 Å². The number of ether oxygens (including phenoxy) is 1. The molecular formula is C23H25NO4. The summed E-state index contributed by atoms with van der Waals surface area (Å²) in [7, 11) is 0. The van der Waals surface area contributed by atoms with Gasteiger partial charge in [0.05, 0.1) is 0 Å². The largest absolute Gasteiger partial charge is 0.484 e. The lowest BCUT2D eigenvalue weighted by Crippen LogP contribution is -2.21. The third-order valence-corrected chi connectivity index (χ3v) is 4.82. The van der Waals surface area contributed by atoms with Gasteiger partial charge in [0.1, 0.15) is 11.3 Å². The lowest BCUT2D eigenvalue weighted by atomic mass is 10.0. The molecule has 0 aliphatic carbocycles. The van der Waals surface area contributed by atoms with E-state index in [1.807, 2.05) is 31.2 Å². The predicted molar refractivity (Wildman–Crippen MR) is 111 cm³/mol. The molecule has 146 valence electrons. The molecule has 2 aromatic carbocycles. The maximum Gasteiger partial charge on any atom is 0.336 e. The maximum absolute atomic E-state index is 12.4. The van der Waals surface area contributed by atoms with Gasteiger partial charge in [0.2, 0.25) is 0 Å². The fraction of sp³-hybridized carbons (Fsp3) is 0.304. The van der Waals surface area contributed by atoms with Crippen molar-refractivity contribution in [2.24, 2.45) is 0 Å². The summed E-state index contributed by atoms with van der Waals surface area (Å²) in [4.78, 5) is 24.1. The van der Waals surface area contributed by atoms with Crippen LogP contribution in [-0.2, 0) is 24.1 Å². The van der Waals surface area contributed by atoms with E-state index in [9.17, 15) is 9.59 Å². The lowest BCUT2D eigenvalue weighted by Gasteiger charge is -2.15. The molecule has 0 radical (unpaired) electrons. The molecule has 1 N–H and O–H groups in total. The molecule has 5 heteroatoms. The molecule has 0 saturated carbocycles. The van der Waals surface area contributed by atoms with Crippen molar-refractivity contribution >= 4 is 22.6 Å². The monoisotopic (exact) mass is 379 g/mol. The third-order valence-electron chi connectivity index (χ3n) is 4.82. The van der Waals surface area contributed by atoms with Crippen LogP contribution >= 0.6 is 0 Å². The number of benzene rings is 2. The molecule has 0 spiro atoms. The highest BCUT2D eigenvalue weighted by atomic mass is 16.5. The smallest absolute Gasteiger partial charge is 0.336 e. The Morgan fingerprint density at radius 3 is 2.29 bits per heavy atom. The standard InChI is InChI=1S/C23H25NO4/c1-4-15-8-7-9-16(5-2)23(15)24-21(25)14-27-18-10-11-19-17(6-3)12-22(26)28-20(19)13-18/h7-13H,4-6,14H2,1-3H3,(H,24,25). The molecule has 3 aromatic rings. The number of rotatable bonds is 7. The van der Waals surface area contributed by atoms with Crippen LogP contribution in [0.4, 0.5) is 5.69 Å². The first-order valence-corrected chi connectivity index (χ1v) is 9.65. The molecule has 0 aliphatic heterocycles. The Hall–Kier alpha value is -3.08. The molecule has 0 unspecified atom stereocenters. The minimum absolute atomic E-state index is 0.121. The number of fused-ring (bicyclic) bond motifs is 1. The van der Waals surface area contributed by atoms with Crippen LogP contribution in [0.1, 0.15) is 37.5 Å². The second kappa shape index (κ2) is 8.74. The Morgan fingerprint density at radius 2 is 1.64 bits per heavy atom. The molecule has 0 saturated heterocycles. The lowest BCUT2D eigenvalue weighted by molar-refractivity contribution is -0.118. The average Bonchev–Trinajstić information content (AvgIpc) is 2.71. The van der Waals surface area contributed by atoms with Gasteiger partial charge in [0.15, 0.2) is 6.61 Å². The van der Waals surface area contributed by atoms with Crippen molar-refractivity contribution in [1.29, 1.82) is 0 Å². The van der Waals surface area contributed by atoms with Gasteiger partial charge in [0.25, 0.3) is 5.91 Å². The Kier molecular flexibility index (Phi) is 6.14. The number of hydrogen-bond donors (Lipinski definition) is 1. The highest BCUT2D eigenvalue weighted by molar-refractivity contribution is 5.93.